The quantitative estimate of drug-likeness (QED) is 0.0783. The zero-order valence-corrected chi connectivity index (χ0v) is 44.6. The van der Waals surface area contributed by atoms with Gasteiger partial charge in [0, 0.05) is 63.1 Å². The first kappa shape index (κ1) is 59.9. The lowest BCUT2D eigenvalue weighted by molar-refractivity contribution is -0.160. The van der Waals surface area contributed by atoms with Crippen LogP contribution < -0.4 is 5.32 Å². The predicted molar refractivity (Wildman–Crippen MR) is 269 cm³/mol. The molecule has 2 saturated heterocycles. The summed E-state index contributed by atoms with van der Waals surface area (Å²) in [4.78, 5) is 37.3. The molecule has 2 aliphatic rings. The molecule has 0 aliphatic carbocycles. The van der Waals surface area contributed by atoms with Crippen molar-refractivity contribution in [3.05, 3.63) is 96.3 Å². The highest BCUT2D eigenvalue weighted by Crippen LogP contribution is 2.40. The number of benzene rings is 2. The summed E-state index contributed by atoms with van der Waals surface area (Å²) in [5.74, 6) is -1.48. The van der Waals surface area contributed by atoms with E-state index in [0.717, 1.165) is 0 Å². The molecule has 0 spiro atoms. The highest BCUT2D eigenvalue weighted by atomic mass is 32.2. The third-order valence-corrected chi connectivity index (χ3v) is 17.7. The summed E-state index contributed by atoms with van der Waals surface area (Å²) in [5.41, 5.74) is 2.16. The van der Waals surface area contributed by atoms with Crippen LogP contribution in [0.25, 0.3) is 22.5 Å². The summed E-state index contributed by atoms with van der Waals surface area (Å²) >= 11 is 0. The Morgan fingerprint density at radius 2 is 0.973 bits per heavy atom. The van der Waals surface area contributed by atoms with Crippen LogP contribution in [-0.4, -0.2) is 123 Å². The lowest BCUT2D eigenvalue weighted by atomic mass is 9.95. The smallest absolute Gasteiger partial charge is 0.389 e. The number of pyridine rings is 2. The number of aryl methyl sites for hydroxylation is 2. The van der Waals surface area contributed by atoms with Gasteiger partial charge in [-0.15, -0.1) is 0 Å². The molecule has 408 valence electrons. The van der Waals surface area contributed by atoms with E-state index in [2.05, 4.69) is 20.2 Å². The Bertz CT molecular complexity index is 2690. The highest BCUT2D eigenvalue weighted by molar-refractivity contribution is 7.94. The van der Waals surface area contributed by atoms with Crippen LogP contribution in [-0.2, 0) is 56.3 Å². The number of nitrogens with zero attached hydrogens (tertiary/aromatic N) is 3. The van der Waals surface area contributed by atoms with Crippen LogP contribution in [0.15, 0.2) is 95.0 Å². The van der Waals surface area contributed by atoms with E-state index in [1.54, 1.807) is 97.2 Å². The van der Waals surface area contributed by atoms with E-state index in [-0.39, 0.29) is 61.2 Å². The first-order valence-corrected chi connectivity index (χ1v) is 27.5. The van der Waals surface area contributed by atoms with Crippen molar-refractivity contribution in [3.63, 3.8) is 0 Å². The number of carbonyl (C=O) groups excluding carboxylic acids is 2. The van der Waals surface area contributed by atoms with Crippen molar-refractivity contribution in [3.8, 4) is 22.5 Å². The second-order valence-corrected chi connectivity index (χ2v) is 25.2. The van der Waals surface area contributed by atoms with Crippen LogP contribution in [0.3, 0.4) is 0 Å². The Kier molecular flexibility index (Phi) is 19.7. The zero-order valence-electron chi connectivity index (χ0n) is 43.0. The van der Waals surface area contributed by atoms with Crippen molar-refractivity contribution in [1.82, 2.24) is 20.2 Å². The van der Waals surface area contributed by atoms with Crippen LogP contribution >= 0.6 is 0 Å². The molecule has 0 bridgehead atoms. The van der Waals surface area contributed by atoms with Crippen molar-refractivity contribution in [1.29, 1.82) is 0 Å². The maximum atomic E-state index is 14.0. The zero-order chi connectivity index (χ0) is 54.8. The van der Waals surface area contributed by atoms with Gasteiger partial charge in [0.25, 0.3) is 0 Å². The summed E-state index contributed by atoms with van der Waals surface area (Å²) in [7, 11) is -6.56. The van der Waals surface area contributed by atoms with Gasteiger partial charge in [0.1, 0.15) is 11.2 Å². The van der Waals surface area contributed by atoms with Crippen molar-refractivity contribution in [2.24, 2.45) is 0 Å². The number of esters is 2. The van der Waals surface area contributed by atoms with Gasteiger partial charge in [-0.1, -0.05) is 36.4 Å². The average Bonchev–Trinajstić information content (AvgIpc) is 3.32. The van der Waals surface area contributed by atoms with Crippen molar-refractivity contribution >= 4 is 31.6 Å². The molecule has 6 rings (SSSR count). The SMILES string of the molecule is CC(C)(C)OC(=O)C1(S(=O)(=O)c2ccc(-c3ccc(CCCC(F)(F)F)cn3)cc2)CCNCC1.COCCN1CCC(C(=O)OC(C)(C)C)(S(=O)(=O)c2ccc(-c3ccc(CCCC(F)(F)F)cn3)cc2)CC1. The number of alkyl halides is 6. The van der Waals surface area contributed by atoms with E-state index in [4.69, 9.17) is 14.2 Å². The molecule has 0 saturated carbocycles. The normalized spacial score (nSPS) is 16.7. The number of piperidine rings is 2. The molecule has 74 heavy (non-hydrogen) atoms. The first-order valence-electron chi connectivity index (χ1n) is 24.5. The second kappa shape index (κ2) is 24.4. The van der Waals surface area contributed by atoms with E-state index in [9.17, 15) is 52.8 Å². The minimum absolute atomic E-state index is 0.00794. The van der Waals surface area contributed by atoms with Gasteiger partial charge >= 0.3 is 24.3 Å². The number of hydrogen-bond donors (Lipinski definition) is 1. The number of rotatable bonds is 17. The standard InChI is InChI=1S/C28H37F3N2O5S.C25H31F3N2O4S/c1-26(2,3)38-25(34)27(14-16-33(17-15-27)18-19-37-4)39(35,36)23-10-8-22(9-11-23)24-12-7-21(20-32-24)6-5-13-28(29,30)31;1-23(2,3)34-22(31)24(13-15-29-16-14-24)35(32,33)20-9-7-19(8-10-20)21-11-6-18(17-30-21)5-4-12-25(26,27)28/h7-12,20H,5-6,13-19H2,1-4H3;6-11,17,29H,4-5,12-16H2,1-3H3. The molecular formula is C53H68F6N4O9S2. The molecule has 21 heteroatoms. The summed E-state index contributed by atoms with van der Waals surface area (Å²) in [6.07, 6.45) is -6.03. The lowest BCUT2D eigenvalue weighted by Gasteiger charge is -2.40. The summed E-state index contributed by atoms with van der Waals surface area (Å²) in [6.45, 7) is 13.0. The Labute approximate surface area is 431 Å². The number of halogens is 6. The minimum Gasteiger partial charge on any atom is -0.459 e. The number of methoxy groups -OCH3 is 1. The largest absolute Gasteiger partial charge is 0.459 e. The Balaban J connectivity index is 0.000000276. The molecule has 4 heterocycles. The van der Waals surface area contributed by atoms with Crippen LogP contribution in [0, 0.1) is 0 Å². The minimum atomic E-state index is -4.18. The Hall–Kier alpha value is -4.96. The Morgan fingerprint density at radius 1 is 0.595 bits per heavy atom. The van der Waals surface area contributed by atoms with Gasteiger partial charge < -0.3 is 24.4 Å². The fourth-order valence-electron chi connectivity index (χ4n) is 8.63. The molecule has 0 atom stereocenters. The fraction of sp³-hybridized carbons (Fsp3) is 0.547. The third kappa shape index (κ3) is 16.0. The van der Waals surface area contributed by atoms with Gasteiger partial charge in [-0.3, -0.25) is 19.6 Å². The van der Waals surface area contributed by atoms with Crippen LogP contribution in [0.5, 0.6) is 0 Å². The van der Waals surface area contributed by atoms with E-state index in [1.807, 2.05) is 0 Å². The molecule has 1 N–H and O–H groups in total. The summed E-state index contributed by atoms with van der Waals surface area (Å²) in [6, 6.07) is 19.1. The third-order valence-electron chi connectivity index (χ3n) is 12.7. The molecule has 13 nitrogen and oxygen atoms in total. The van der Waals surface area contributed by atoms with Gasteiger partial charge in [-0.2, -0.15) is 26.3 Å². The predicted octanol–water partition coefficient (Wildman–Crippen LogP) is 10.1. The van der Waals surface area contributed by atoms with Crippen molar-refractivity contribution < 1.29 is 67.0 Å². The maximum absolute atomic E-state index is 14.0. The number of likely N-dealkylation sites (tertiary alicyclic amines) is 1. The molecule has 2 aromatic carbocycles. The van der Waals surface area contributed by atoms with Gasteiger partial charge in [-0.25, -0.2) is 16.8 Å². The van der Waals surface area contributed by atoms with Crippen LogP contribution in [0.1, 0.15) is 104 Å². The topological polar surface area (TPSA) is 171 Å². The van der Waals surface area contributed by atoms with E-state index < -0.39 is 77.5 Å². The van der Waals surface area contributed by atoms with Gasteiger partial charge in [0.05, 0.1) is 27.8 Å². The average molecular weight is 1080 g/mol. The molecule has 2 aromatic heterocycles. The molecule has 2 aliphatic heterocycles. The van der Waals surface area contributed by atoms with E-state index in [1.165, 1.54) is 36.7 Å². The number of sulfone groups is 2. The molecule has 4 aromatic rings. The van der Waals surface area contributed by atoms with Crippen molar-refractivity contribution in [2.75, 3.05) is 46.4 Å². The molecule has 0 radical (unpaired) electrons. The number of hydrogen-bond acceptors (Lipinski definition) is 13. The monoisotopic (exact) mass is 1080 g/mol. The molecular weight excluding hydrogens is 1010 g/mol. The van der Waals surface area contributed by atoms with Crippen LogP contribution in [0.2, 0.25) is 0 Å². The fourth-order valence-corrected chi connectivity index (χ4v) is 12.5. The van der Waals surface area contributed by atoms with Gasteiger partial charge in [0.15, 0.2) is 29.2 Å². The summed E-state index contributed by atoms with van der Waals surface area (Å²) < 4.78 is 142. The highest BCUT2D eigenvalue weighted by Gasteiger charge is 2.56. The number of aromatic nitrogens is 2. The second-order valence-electron chi connectivity index (χ2n) is 20.7. The number of ether oxygens (including phenoxy) is 3. The van der Waals surface area contributed by atoms with E-state index in [0.29, 0.717) is 73.0 Å². The Morgan fingerprint density at radius 3 is 1.30 bits per heavy atom. The molecule has 2 fully saturated rings. The lowest BCUT2D eigenvalue weighted by Crippen LogP contribution is -2.56. The first-order chi connectivity index (χ1) is 34.4. The molecule has 0 amide bonds. The molecule has 0 unspecified atom stereocenters. The van der Waals surface area contributed by atoms with Crippen molar-refractivity contribution in [2.45, 2.75) is 149 Å². The number of carbonyl (C=O) groups is 2. The van der Waals surface area contributed by atoms with Gasteiger partial charge in [-0.05, 0) is 154 Å². The maximum Gasteiger partial charge on any atom is 0.389 e. The van der Waals surface area contributed by atoms with Crippen LogP contribution in [0.4, 0.5) is 26.3 Å². The summed E-state index contributed by atoms with van der Waals surface area (Å²) in [5, 5.41) is 3.10. The van der Waals surface area contributed by atoms with E-state index >= 15 is 0 Å². The van der Waals surface area contributed by atoms with Gasteiger partial charge in [0.2, 0.25) is 0 Å². The number of nitrogens with one attached hydrogen (secondary N) is 1.